The summed E-state index contributed by atoms with van der Waals surface area (Å²) in [7, 11) is 0. The zero-order chi connectivity index (χ0) is 23.1. The van der Waals surface area contributed by atoms with Crippen LogP contribution in [0.4, 0.5) is 5.82 Å². The molecule has 33 heavy (non-hydrogen) atoms. The maximum absolute atomic E-state index is 12.9. The molecule has 0 saturated carbocycles. The van der Waals surface area contributed by atoms with Crippen molar-refractivity contribution in [1.82, 2.24) is 29.5 Å². The summed E-state index contributed by atoms with van der Waals surface area (Å²) in [6.45, 7) is 5.98. The molecule has 1 amide bonds. The molecule has 0 aliphatic rings. The van der Waals surface area contributed by atoms with Gasteiger partial charge in [-0.2, -0.15) is 14.9 Å². The van der Waals surface area contributed by atoms with Gasteiger partial charge < -0.3 is 5.32 Å². The van der Waals surface area contributed by atoms with E-state index >= 15 is 0 Å². The SMILES string of the molecule is Cc1ccc(-n2ncc3c(-n4nc(C)cc4NC(=O)c4ccccc4I)ncnc32)c(C)c1. The summed E-state index contributed by atoms with van der Waals surface area (Å²) in [6, 6.07) is 15.4. The molecule has 0 fully saturated rings. The number of benzene rings is 2. The number of carbonyl (C=O) groups is 1. The molecule has 3 aromatic heterocycles. The molecule has 3 heterocycles. The summed E-state index contributed by atoms with van der Waals surface area (Å²) < 4.78 is 4.30. The summed E-state index contributed by atoms with van der Waals surface area (Å²) in [5, 5.41) is 12.9. The lowest BCUT2D eigenvalue weighted by Crippen LogP contribution is -2.16. The highest BCUT2D eigenvalue weighted by molar-refractivity contribution is 14.1. The maximum Gasteiger partial charge on any atom is 0.257 e. The molecule has 0 unspecified atom stereocenters. The Balaban J connectivity index is 1.59. The third-order valence-corrected chi connectivity index (χ3v) is 6.26. The molecule has 0 saturated heterocycles. The van der Waals surface area contributed by atoms with Crippen LogP contribution in [0.15, 0.2) is 61.1 Å². The number of hydrogen-bond donors (Lipinski definition) is 1. The molecule has 164 valence electrons. The van der Waals surface area contributed by atoms with Gasteiger partial charge in [0.2, 0.25) is 0 Å². The van der Waals surface area contributed by atoms with E-state index in [-0.39, 0.29) is 5.91 Å². The van der Waals surface area contributed by atoms with Gasteiger partial charge >= 0.3 is 0 Å². The lowest BCUT2D eigenvalue weighted by Gasteiger charge is -2.10. The normalized spacial score (nSPS) is 11.2. The van der Waals surface area contributed by atoms with Crippen LogP contribution in [0.5, 0.6) is 0 Å². The van der Waals surface area contributed by atoms with E-state index in [1.807, 2.05) is 50.2 Å². The first-order valence-corrected chi connectivity index (χ1v) is 11.4. The summed E-state index contributed by atoms with van der Waals surface area (Å²) in [4.78, 5) is 21.9. The van der Waals surface area contributed by atoms with E-state index in [4.69, 9.17) is 0 Å². The number of fused-ring (bicyclic) bond motifs is 1. The van der Waals surface area contributed by atoms with Crippen molar-refractivity contribution < 1.29 is 4.79 Å². The quantitative estimate of drug-likeness (QED) is 0.326. The van der Waals surface area contributed by atoms with E-state index < -0.39 is 0 Å². The zero-order valence-electron chi connectivity index (χ0n) is 18.2. The minimum absolute atomic E-state index is 0.211. The zero-order valence-corrected chi connectivity index (χ0v) is 20.4. The van der Waals surface area contributed by atoms with E-state index in [2.05, 4.69) is 61.1 Å². The van der Waals surface area contributed by atoms with Crippen molar-refractivity contribution in [3.05, 3.63) is 87.0 Å². The predicted octanol–water partition coefficient (Wildman–Crippen LogP) is 4.78. The lowest BCUT2D eigenvalue weighted by atomic mass is 10.1. The molecule has 0 bridgehead atoms. The first kappa shape index (κ1) is 21.3. The Hall–Kier alpha value is -3.60. The van der Waals surface area contributed by atoms with Gasteiger partial charge in [0.05, 0.1) is 28.5 Å². The number of amides is 1. The van der Waals surface area contributed by atoms with E-state index in [0.717, 1.165) is 25.9 Å². The highest BCUT2D eigenvalue weighted by atomic mass is 127. The van der Waals surface area contributed by atoms with Gasteiger partial charge in [-0.15, -0.1) is 0 Å². The number of nitrogens with zero attached hydrogens (tertiary/aromatic N) is 6. The molecule has 0 aliphatic carbocycles. The van der Waals surface area contributed by atoms with Crippen LogP contribution in [-0.4, -0.2) is 35.4 Å². The highest BCUT2D eigenvalue weighted by Gasteiger charge is 2.19. The van der Waals surface area contributed by atoms with E-state index in [1.165, 1.54) is 11.9 Å². The Morgan fingerprint density at radius 2 is 1.82 bits per heavy atom. The van der Waals surface area contributed by atoms with Crippen molar-refractivity contribution in [2.24, 2.45) is 0 Å². The van der Waals surface area contributed by atoms with Crippen LogP contribution in [0.3, 0.4) is 0 Å². The van der Waals surface area contributed by atoms with Crippen molar-refractivity contribution in [2.75, 3.05) is 5.32 Å². The minimum atomic E-state index is -0.211. The molecule has 2 aromatic carbocycles. The standard InChI is InChI=1S/C24H20IN7O/c1-14-8-9-20(15(2)10-14)31-22-18(12-28-31)23(27-13-26-22)32-21(11-16(3)30-32)29-24(33)17-6-4-5-7-19(17)25/h4-13H,1-3H3,(H,29,33). The van der Waals surface area contributed by atoms with Crippen LogP contribution >= 0.6 is 22.6 Å². The van der Waals surface area contributed by atoms with Crippen molar-refractivity contribution >= 4 is 45.3 Å². The largest absolute Gasteiger partial charge is 0.306 e. The van der Waals surface area contributed by atoms with Crippen molar-refractivity contribution in [3.63, 3.8) is 0 Å². The number of halogens is 1. The predicted molar refractivity (Wildman–Crippen MR) is 135 cm³/mol. The molecular formula is C24H20IN7O. The number of aromatic nitrogens is 6. The van der Waals surface area contributed by atoms with Crippen LogP contribution in [0.2, 0.25) is 0 Å². The van der Waals surface area contributed by atoms with Gasteiger partial charge in [-0.05, 0) is 67.1 Å². The molecule has 8 nitrogen and oxygen atoms in total. The van der Waals surface area contributed by atoms with Gasteiger partial charge in [-0.3, -0.25) is 4.79 Å². The lowest BCUT2D eigenvalue weighted by molar-refractivity contribution is 0.102. The van der Waals surface area contributed by atoms with Crippen LogP contribution < -0.4 is 5.32 Å². The average Bonchev–Trinajstić information content (AvgIpc) is 3.37. The molecule has 1 N–H and O–H groups in total. The molecule has 0 aliphatic heterocycles. The number of aryl methyl sites for hydroxylation is 3. The van der Waals surface area contributed by atoms with E-state index in [1.54, 1.807) is 21.6 Å². The number of carbonyl (C=O) groups excluding carboxylic acids is 1. The second-order valence-electron chi connectivity index (χ2n) is 7.80. The van der Waals surface area contributed by atoms with E-state index in [9.17, 15) is 4.79 Å². The Bertz CT molecular complexity index is 1520. The fraction of sp³-hybridized carbons (Fsp3) is 0.125. The highest BCUT2D eigenvalue weighted by Crippen LogP contribution is 2.26. The summed E-state index contributed by atoms with van der Waals surface area (Å²) in [6.07, 6.45) is 3.22. The summed E-state index contributed by atoms with van der Waals surface area (Å²) in [5.41, 5.74) is 5.24. The average molecular weight is 549 g/mol. The second kappa shape index (κ2) is 8.39. The number of nitrogens with one attached hydrogen (secondary N) is 1. The number of anilines is 1. The summed E-state index contributed by atoms with van der Waals surface area (Å²) >= 11 is 2.15. The third-order valence-electron chi connectivity index (χ3n) is 5.32. The van der Waals surface area contributed by atoms with Crippen molar-refractivity contribution in [3.8, 4) is 11.5 Å². The van der Waals surface area contributed by atoms with Gasteiger partial charge in [-0.25, -0.2) is 14.6 Å². The Morgan fingerprint density at radius 1 is 1.00 bits per heavy atom. The summed E-state index contributed by atoms with van der Waals surface area (Å²) in [5.74, 6) is 0.857. The Morgan fingerprint density at radius 3 is 2.61 bits per heavy atom. The maximum atomic E-state index is 12.9. The van der Waals surface area contributed by atoms with Crippen LogP contribution in [0, 0.1) is 24.3 Å². The first-order chi connectivity index (χ1) is 15.9. The monoisotopic (exact) mass is 549 g/mol. The van der Waals surface area contributed by atoms with Gasteiger partial charge in [0.1, 0.15) is 12.1 Å². The topological polar surface area (TPSA) is 90.5 Å². The minimum Gasteiger partial charge on any atom is -0.306 e. The molecule has 5 aromatic rings. The third kappa shape index (κ3) is 3.88. The number of hydrogen-bond acceptors (Lipinski definition) is 5. The first-order valence-electron chi connectivity index (χ1n) is 10.3. The second-order valence-corrected chi connectivity index (χ2v) is 8.96. The van der Waals surface area contributed by atoms with Crippen LogP contribution in [0.25, 0.3) is 22.5 Å². The Labute approximate surface area is 203 Å². The molecule has 0 radical (unpaired) electrons. The van der Waals surface area contributed by atoms with Crippen molar-refractivity contribution in [1.29, 1.82) is 0 Å². The van der Waals surface area contributed by atoms with Gasteiger partial charge in [0, 0.05) is 9.64 Å². The fourth-order valence-electron chi connectivity index (χ4n) is 3.80. The molecule has 9 heteroatoms. The van der Waals surface area contributed by atoms with Gasteiger partial charge in [-0.1, -0.05) is 29.8 Å². The molecular weight excluding hydrogens is 529 g/mol. The van der Waals surface area contributed by atoms with Crippen LogP contribution in [-0.2, 0) is 0 Å². The Kier molecular flexibility index (Phi) is 5.41. The van der Waals surface area contributed by atoms with E-state index in [0.29, 0.717) is 22.8 Å². The van der Waals surface area contributed by atoms with Gasteiger partial charge in [0.25, 0.3) is 5.91 Å². The molecule has 0 spiro atoms. The van der Waals surface area contributed by atoms with Crippen LogP contribution in [0.1, 0.15) is 27.2 Å². The molecule has 5 rings (SSSR count). The molecule has 0 atom stereocenters. The smallest absolute Gasteiger partial charge is 0.257 e. The van der Waals surface area contributed by atoms with Crippen molar-refractivity contribution in [2.45, 2.75) is 20.8 Å². The fourth-order valence-corrected chi connectivity index (χ4v) is 4.43. The van der Waals surface area contributed by atoms with Gasteiger partial charge in [0.15, 0.2) is 11.5 Å². The number of rotatable bonds is 4.